The smallest absolute Gasteiger partial charge is 0.148 e. The fraction of sp³-hybridized carbons (Fsp3) is 0.467. The molecular weight excluding hydrogens is 242 g/mol. The molecule has 104 valence electrons. The SMILES string of the molecule is C#CCOc1ccccc1CNCC(COC)OC. The van der Waals surface area contributed by atoms with Crippen LogP contribution in [0.25, 0.3) is 0 Å². The second-order valence-electron chi connectivity index (χ2n) is 4.04. The molecule has 1 unspecified atom stereocenters. The number of benzene rings is 1. The summed E-state index contributed by atoms with van der Waals surface area (Å²) >= 11 is 0. The van der Waals surface area contributed by atoms with E-state index in [1.54, 1.807) is 14.2 Å². The first kappa shape index (κ1) is 15.5. The molecule has 1 atom stereocenters. The molecule has 4 heteroatoms. The molecule has 0 aliphatic carbocycles. The molecule has 0 bridgehead atoms. The molecule has 0 amide bonds. The van der Waals surface area contributed by atoms with E-state index in [0.717, 1.165) is 11.3 Å². The van der Waals surface area contributed by atoms with Gasteiger partial charge in [-0.3, -0.25) is 0 Å². The highest BCUT2D eigenvalue weighted by Crippen LogP contribution is 2.17. The van der Waals surface area contributed by atoms with Crippen molar-refractivity contribution in [2.24, 2.45) is 0 Å². The van der Waals surface area contributed by atoms with Gasteiger partial charge in [0.05, 0.1) is 12.7 Å². The molecule has 0 aliphatic rings. The number of nitrogens with one attached hydrogen (secondary N) is 1. The van der Waals surface area contributed by atoms with Gasteiger partial charge in [-0.05, 0) is 6.07 Å². The van der Waals surface area contributed by atoms with Gasteiger partial charge in [0.25, 0.3) is 0 Å². The average Bonchev–Trinajstić information content (AvgIpc) is 2.45. The van der Waals surface area contributed by atoms with E-state index >= 15 is 0 Å². The van der Waals surface area contributed by atoms with E-state index in [1.807, 2.05) is 24.3 Å². The van der Waals surface area contributed by atoms with Crippen LogP contribution in [0, 0.1) is 12.3 Å². The Morgan fingerprint density at radius 1 is 1.32 bits per heavy atom. The van der Waals surface area contributed by atoms with Crippen LogP contribution in [0.5, 0.6) is 5.75 Å². The van der Waals surface area contributed by atoms with Gasteiger partial charge in [-0.25, -0.2) is 0 Å². The summed E-state index contributed by atoms with van der Waals surface area (Å²) in [6.45, 7) is 2.26. The van der Waals surface area contributed by atoms with Gasteiger partial charge in [-0.15, -0.1) is 6.42 Å². The Hall–Kier alpha value is -1.54. The van der Waals surface area contributed by atoms with Crippen molar-refractivity contribution < 1.29 is 14.2 Å². The Labute approximate surface area is 115 Å². The van der Waals surface area contributed by atoms with Crippen LogP contribution in [0.1, 0.15) is 5.56 Å². The van der Waals surface area contributed by atoms with Crippen molar-refractivity contribution in [2.45, 2.75) is 12.6 Å². The first-order valence-corrected chi connectivity index (χ1v) is 6.18. The molecule has 0 aromatic heterocycles. The van der Waals surface area contributed by atoms with Crippen LogP contribution in [0.2, 0.25) is 0 Å². The van der Waals surface area contributed by atoms with Crippen molar-refractivity contribution in [3.63, 3.8) is 0 Å². The molecular formula is C15H21NO3. The van der Waals surface area contributed by atoms with E-state index in [2.05, 4.69) is 11.2 Å². The highest BCUT2D eigenvalue weighted by atomic mass is 16.5. The lowest BCUT2D eigenvalue weighted by Crippen LogP contribution is -2.31. The number of para-hydroxylation sites is 1. The molecule has 0 fully saturated rings. The van der Waals surface area contributed by atoms with Crippen LogP contribution in [-0.4, -0.2) is 40.1 Å². The number of ether oxygens (including phenoxy) is 3. The first-order valence-electron chi connectivity index (χ1n) is 6.18. The highest BCUT2D eigenvalue weighted by molar-refractivity contribution is 5.33. The molecule has 19 heavy (non-hydrogen) atoms. The van der Waals surface area contributed by atoms with E-state index < -0.39 is 0 Å². The minimum atomic E-state index is 0.0452. The molecule has 0 spiro atoms. The molecule has 0 saturated carbocycles. The quantitative estimate of drug-likeness (QED) is 0.685. The number of hydrogen-bond donors (Lipinski definition) is 1. The van der Waals surface area contributed by atoms with Gasteiger partial charge < -0.3 is 19.5 Å². The maximum atomic E-state index is 5.49. The van der Waals surface area contributed by atoms with Gasteiger partial charge in [0, 0.05) is 32.9 Å². The number of hydrogen-bond acceptors (Lipinski definition) is 4. The number of methoxy groups -OCH3 is 2. The maximum absolute atomic E-state index is 5.49. The predicted octanol–water partition coefficient (Wildman–Crippen LogP) is 1.45. The lowest BCUT2D eigenvalue weighted by molar-refractivity contribution is 0.0287. The number of terminal acetylenes is 1. The normalized spacial score (nSPS) is 11.8. The first-order chi connectivity index (χ1) is 9.31. The summed E-state index contributed by atoms with van der Waals surface area (Å²) in [5, 5.41) is 3.32. The van der Waals surface area contributed by atoms with Gasteiger partial charge in [0.2, 0.25) is 0 Å². The molecule has 1 aromatic rings. The summed E-state index contributed by atoms with van der Waals surface area (Å²) in [6, 6.07) is 7.83. The van der Waals surface area contributed by atoms with Gasteiger partial charge in [-0.2, -0.15) is 0 Å². The third-order valence-electron chi connectivity index (χ3n) is 2.66. The Balaban J connectivity index is 2.46. The zero-order chi connectivity index (χ0) is 13.9. The second-order valence-corrected chi connectivity index (χ2v) is 4.04. The largest absolute Gasteiger partial charge is 0.481 e. The number of rotatable bonds is 9. The topological polar surface area (TPSA) is 39.7 Å². The molecule has 1 rings (SSSR count). The molecule has 4 nitrogen and oxygen atoms in total. The van der Waals surface area contributed by atoms with Crippen molar-refractivity contribution >= 4 is 0 Å². The van der Waals surface area contributed by atoms with Gasteiger partial charge in [0.1, 0.15) is 12.4 Å². The second kappa shape index (κ2) is 9.40. The Morgan fingerprint density at radius 3 is 2.79 bits per heavy atom. The van der Waals surface area contributed by atoms with Crippen LogP contribution < -0.4 is 10.1 Å². The van der Waals surface area contributed by atoms with Crippen LogP contribution >= 0.6 is 0 Å². The van der Waals surface area contributed by atoms with E-state index in [9.17, 15) is 0 Å². The predicted molar refractivity (Wildman–Crippen MR) is 75.1 cm³/mol. The summed E-state index contributed by atoms with van der Waals surface area (Å²) in [7, 11) is 3.34. The third kappa shape index (κ3) is 5.75. The molecule has 0 radical (unpaired) electrons. The standard InChI is InChI=1S/C15H21NO3/c1-4-9-19-15-8-6-5-7-13(15)10-16-11-14(18-3)12-17-2/h1,5-8,14,16H,9-12H2,2-3H3. The Bertz CT molecular complexity index is 401. The van der Waals surface area contributed by atoms with Crippen LogP contribution in [-0.2, 0) is 16.0 Å². The molecule has 0 heterocycles. The zero-order valence-electron chi connectivity index (χ0n) is 11.5. The minimum Gasteiger partial charge on any atom is -0.481 e. The molecule has 0 saturated heterocycles. The molecule has 1 aromatic carbocycles. The van der Waals surface area contributed by atoms with E-state index in [0.29, 0.717) is 19.7 Å². The van der Waals surface area contributed by atoms with Gasteiger partial charge >= 0.3 is 0 Å². The Kier molecular flexibility index (Phi) is 7.68. The summed E-state index contributed by atoms with van der Waals surface area (Å²) in [6.07, 6.45) is 5.24. The summed E-state index contributed by atoms with van der Waals surface area (Å²) < 4.78 is 15.8. The summed E-state index contributed by atoms with van der Waals surface area (Å²) in [5.41, 5.74) is 1.07. The average molecular weight is 263 g/mol. The van der Waals surface area contributed by atoms with Crippen molar-refractivity contribution in [3.8, 4) is 18.1 Å². The highest BCUT2D eigenvalue weighted by Gasteiger charge is 2.07. The molecule has 1 N–H and O–H groups in total. The van der Waals surface area contributed by atoms with E-state index in [-0.39, 0.29) is 12.7 Å². The lowest BCUT2D eigenvalue weighted by atomic mass is 10.2. The zero-order valence-corrected chi connectivity index (χ0v) is 11.5. The summed E-state index contributed by atoms with van der Waals surface area (Å²) in [5.74, 6) is 3.28. The van der Waals surface area contributed by atoms with Gasteiger partial charge in [-0.1, -0.05) is 24.1 Å². The van der Waals surface area contributed by atoms with E-state index in [4.69, 9.17) is 20.6 Å². The van der Waals surface area contributed by atoms with Crippen molar-refractivity contribution in [1.29, 1.82) is 0 Å². The van der Waals surface area contributed by atoms with Crippen LogP contribution in [0.4, 0.5) is 0 Å². The monoisotopic (exact) mass is 263 g/mol. The third-order valence-corrected chi connectivity index (χ3v) is 2.66. The minimum absolute atomic E-state index is 0.0452. The fourth-order valence-electron chi connectivity index (χ4n) is 1.67. The van der Waals surface area contributed by atoms with Crippen LogP contribution in [0.15, 0.2) is 24.3 Å². The van der Waals surface area contributed by atoms with Crippen molar-refractivity contribution in [3.05, 3.63) is 29.8 Å². The summed E-state index contributed by atoms with van der Waals surface area (Å²) in [4.78, 5) is 0. The van der Waals surface area contributed by atoms with Gasteiger partial charge in [0.15, 0.2) is 0 Å². The Morgan fingerprint density at radius 2 is 2.11 bits per heavy atom. The lowest BCUT2D eigenvalue weighted by Gasteiger charge is -2.16. The fourth-order valence-corrected chi connectivity index (χ4v) is 1.67. The molecule has 0 aliphatic heterocycles. The van der Waals surface area contributed by atoms with E-state index in [1.165, 1.54) is 0 Å². The van der Waals surface area contributed by atoms with Crippen molar-refractivity contribution in [2.75, 3.05) is 34.0 Å². The maximum Gasteiger partial charge on any atom is 0.148 e. The van der Waals surface area contributed by atoms with Crippen LogP contribution in [0.3, 0.4) is 0 Å². The van der Waals surface area contributed by atoms with Crippen molar-refractivity contribution in [1.82, 2.24) is 5.32 Å².